The molecular weight excluding hydrogens is 383 g/mol. The first-order chi connectivity index (χ1) is 14.2. The Balaban J connectivity index is 2.02. The predicted octanol–water partition coefficient (Wildman–Crippen LogP) is 3.63. The molecule has 162 valence electrons. The summed E-state index contributed by atoms with van der Waals surface area (Å²) in [6.07, 6.45) is 3.36. The van der Waals surface area contributed by atoms with E-state index in [0.717, 1.165) is 19.4 Å². The van der Waals surface area contributed by atoms with Gasteiger partial charge in [-0.05, 0) is 47.9 Å². The lowest BCUT2D eigenvalue weighted by Gasteiger charge is -2.31. The molecule has 1 aliphatic rings. The van der Waals surface area contributed by atoms with Crippen molar-refractivity contribution in [3.63, 3.8) is 0 Å². The van der Waals surface area contributed by atoms with Crippen LogP contribution in [0.25, 0.3) is 0 Å². The van der Waals surface area contributed by atoms with Gasteiger partial charge in [0, 0.05) is 31.0 Å². The highest BCUT2D eigenvalue weighted by Crippen LogP contribution is 2.32. The van der Waals surface area contributed by atoms with Crippen molar-refractivity contribution in [1.82, 2.24) is 9.97 Å². The van der Waals surface area contributed by atoms with Crippen molar-refractivity contribution >= 4 is 23.4 Å². The maximum absolute atomic E-state index is 14.9. The number of carbonyl (C=O) groups is 1. The van der Waals surface area contributed by atoms with Crippen molar-refractivity contribution in [2.75, 3.05) is 23.3 Å². The van der Waals surface area contributed by atoms with Crippen molar-refractivity contribution in [1.29, 1.82) is 0 Å². The minimum absolute atomic E-state index is 0.00987. The van der Waals surface area contributed by atoms with Gasteiger partial charge in [-0.1, -0.05) is 27.7 Å². The number of nitrogens with zero attached hydrogens (tertiary/aromatic N) is 3. The molecule has 0 spiro atoms. The maximum Gasteiger partial charge on any atom is 0.254 e. The fraction of sp³-hybridized carbons (Fsp3) is 0.500. The molecule has 0 bridgehead atoms. The smallest absolute Gasteiger partial charge is 0.254 e. The lowest BCUT2D eigenvalue weighted by atomic mass is 9.93. The van der Waals surface area contributed by atoms with Gasteiger partial charge in [-0.3, -0.25) is 4.79 Å². The lowest BCUT2D eigenvalue weighted by molar-refractivity contribution is 0.100. The van der Waals surface area contributed by atoms with Crippen LogP contribution in [0.5, 0.6) is 0 Å². The van der Waals surface area contributed by atoms with E-state index in [4.69, 9.17) is 11.5 Å². The minimum Gasteiger partial charge on any atom is -0.365 e. The van der Waals surface area contributed by atoms with Crippen LogP contribution in [-0.4, -0.2) is 35.0 Å². The van der Waals surface area contributed by atoms with Gasteiger partial charge in [0.15, 0.2) is 0 Å². The third-order valence-electron chi connectivity index (χ3n) is 5.42. The molecular formula is C22H31FN6O. The standard InChI is InChI=1S/C22H31FN6O/c1-12(2)16-8-15(9-17(13(3)4)19(16)23)27-21-18(20(25)30)10-26-22(28-21)29-7-5-6-14(24)11-29/h8-10,12-14H,5-7,11,24H2,1-4H3,(H2,25,30)(H,26,27,28)/t14-/m0/s1. The summed E-state index contributed by atoms with van der Waals surface area (Å²) in [5, 5.41) is 3.19. The number of nitrogens with two attached hydrogens (primary N) is 2. The monoisotopic (exact) mass is 414 g/mol. The zero-order chi connectivity index (χ0) is 22.0. The molecule has 0 radical (unpaired) electrons. The maximum atomic E-state index is 14.9. The number of halogens is 1. The van der Waals surface area contributed by atoms with Crippen LogP contribution in [0.1, 0.15) is 73.9 Å². The van der Waals surface area contributed by atoms with Crippen LogP contribution < -0.4 is 21.7 Å². The quantitative estimate of drug-likeness (QED) is 0.666. The number of aromatic nitrogens is 2. The van der Waals surface area contributed by atoms with Crippen LogP contribution in [0.2, 0.25) is 0 Å². The van der Waals surface area contributed by atoms with E-state index in [1.54, 1.807) is 12.1 Å². The van der Waals surface area contributed by atoms with Crippen LogP contribution >= 0.6 is 0 Å². The fourth-order valence-electron chi connectivity index (χ4n) is 3.71. The van der Waals surface area contributed by atoms with Gasteiger partial charge in [-0.25, -0.2) is 9.37 Å². The Morgan fingerprint density at radius 3 is 2.40 bits per heavy atom. The molecule has 2 aromatic rings. The molecule has 1 aromatic carbocycles. The molecule has 1 saturated heterocycles. The third-order valence-corrected chi connectivity index (χ3v) is 5.42. The molecule has 1 fully saturated rings. The second kappa shape index (κ2) is 8.95. The summed E-state index contributed by atoms with van der Waals surface area (Å²) in [7, 11) is 0. The molecule has 1 atom stereocenters. The summed E-state index contributed by atoms with van der Waals surface area (Å²) in [4.78, 5) is 22.9. The molecule has 7 nitrogen and oxygen atoms in total. The third kappa shape index (κ3) is 4.70. The van der Waals surface area contributed by atoms with E-state index in [-0.39, 0.29) is 29.3 Å². The van der Waals surface area contributed by atoms with E-state index in [1.165, 1.54) is 6.20 Å². The van der Waals surface area contributed by atoms with Gasteiger partial charge in [0.2, 0.25) is 5.95 Å². The Morgan fingerprint density at radius 2 is 1.87 bits per heavy atom. The number of primary amides is 1. The topological polar surface area (TPSA) is 110 Å². The van der Waals surface area contributed by atoms with Gasteiger partial charge in [0.05, 0.1) is 0 Å². The minimum atomic E-state index is -0.630. The van der Waals surface area contributed by atoms with E-state index in [2.05, 4.69) is 15.3 Å². The number of nitrogens with one attached hydrogen (secondary N) is 1. The van der Waals surface area contributed by atoms with E-state index in [9.17, 15) is 9.18 Å². The molecule has 3 rings (SSSR count). The van der Waals surface area contributed by atoms with Gasteiger partial charge in [0.25, 0.3) is 5.91 Å². The number of carbonyl (C=O) groups excluding carboxylic acids is 1. The van der Waals surface area contributed by atoms with Crippen LogP contribution in [0.4, 0.5) is 21.8 Å². The lowest BCUT2D eigenvalue weighted by Crippen LogP contribution is -2.43. The molecule has 1 aliphatic heterocycles. The van der Waals surface area contributed by atoms with Crippen LogP contribution in [0.15, 0.2) is 18.3 Å². The highest BCUT2D eigenvalue weighted by molar-refractivity contribution is 5.98. The van der Waals surface area contributed by atoms with Gasteiger partial charge >= 0.3 is 0 Å². The number of piperidine rings is 1. The molecule has 8 heteroatoms. The first-order valence-corrected chi connectivity index (χ1v) is 10.4. The summed E-state index contributed by atoms with van der Waals surface area (Å²) in [6.45, 7) is 9.25. The second-order valence-corrected chi connectivity index (χ2v) is 8.55. The van der Waals surface area contributed by atoms with E-state index >= 15 is 0 Å². The van der Waals surface area contributed by atoms with E-state index in [1.807, 2.05) is 32.6 Å². The van der Waals surface area contributed by atoms with Crippen LogP contribution in [-0.2, 0) is 0 Å². The highest BCUT2D eigenvalue weighted by atomic mass is 19.1. The van der Waals surface area contributed by atoms with Gasteiger partial charge in [-0.2, -0.15) is 4.98 Å². The van der Waals surface area contributed by atoms with Crippen molar-refractivity contribution in [3.8, 4) is 0 Å². The Labute approximate surface area is 177 Å². The molecule has 30 heavy (non-hydrogen) atoms. The summed E-state index contributed by atoms with van der Waals surface area (Å²) in [6, 6.07) is 3.58. The second-order valence-electron chi connectivity index (χ2n) is 8.55. The van der Waals surface area contributed by atoms with E-state index in [0.29, 0.717) is 35.1 Å². The molecule has 0 aliphatic carbocycles. The number of rotatable bonds is 6. The summed E-state index contributed by atoms with van der Waals surface area (Å²) >= 11 is 0. The van der Waals surface area contributed by atoms with Gasteiger partial charge < -0.3 is 21.7 Å². The molecule has 5 N–H and O–H groups in total. The summed E-state index contributed by atoms with van der Waals surface area (Å²) < 4.78 is 14.9. The highest BCUT2D eigenvalue weighted by Gasteiger charge is 2.22. The number of benzene rings is 1. The first kappa shape index (κ1) is 22.0. The molecule has 1 amide bonds. The molecule has 0 unspecified atom stereocenters. The summed E-state index contributed by atoms with van der Waals surface area (Å²) in [5.74, 6) is 0.00272. The van der Waals surface area contributed by atoms with Crippen LogP contribution in [0.3, 0.4) is 0 Å². The SMILES string of the molecule is CC(C)c1cc(Nc2nc(N3CCC[C@H](N)C3)ncc2C(N)=O)cc(C(C)C)c1F. The van der Waals surface area contributed by atoms with Crippen molar-refractivity contribution in [2.45, 2.75) is 58.4 Å². The Kier molecular flexibility index (Phi) is 6.55. The Hall–Kier alpha value is -2.74. The van der Waals surface area contributed by atoms with Crippen molar-refractivity contribution in [3.05, 3.63) is 40.8 Å². The average molecular weight is 415 g/mol. The predicted molar refractivity (Wildman–Crippen MR) is 118 cm³/mol. The van der Waals surface area contributed by atoms with Crippen molar-refractivity contribution < 1.29 is 9.18 Å². The first-order valence-electron chi connectivity index (χ1n) is 10.4. The molecule has 2 heterocycles. The van der Waals surface area contributed by atoms with E-state index < -0.39 is 5.91 Å². The average Bonchev–Trinajstić information content (AvgIpc) is 2.68. The van der Waals surface area contributed by atoms with Gasteiger partial charge in [-0.15, -0.1) is 0 Å². The summed E-state index contributed by atoms with van der Waals surface area (Å²) in [5.41, 5.74) is 13.7. The number of hydrogen-bond donors (Lipinski definition) is 3. The molecule has 1 aromatic heterocycles. The van der Waals surface area contributed by atoms with Crippen molar-refractivity contribution in [2.24, 2.45) is 11.5 Å². The fourth-order valence-corrected chi connectivity index (χ4v) is 3.71. The Bertz CT molecular complexity index is 901. The van der Waals surface area contributed by atoms with Crippen LogP contribution in [0, 0.1) is 5.82 Å². The molecule has 0 saturated carbocycles. The largest absolute Gasteiger partial charge is 0.365 e. The zero-order valence-electron chi connectivity index (χ0n) is 18.1. The normalized spacial score (nSPS) is 16.9. The number of amides is 1. The zero-order valence-corrected chi connectivity index (χ0v) is 18.1. The number of anilines is 3. The van der Waals surface area contributed by atoms with Gasteiger partial charge in [0.1, 0.15) is 17.2 Å². The number of hydrogen-bond acceptors (Lipinski definition) is 6. The Morgan fingerprint density at radius 1 is 1.23 bits per heavy atom.